The number of aromatic nitrogens is 6. The minimum Gasteiger partial charge on any atom is -0.489 e. The Morgan fingerprint density at radius 3 is 2.48 bits per heavy atom. The van der Waals surface area contributed by atoms with E-state index in [4.69, 9.17) is 21.6 Å². The molecule has 0 spiro atoms. The molecule has 0 radical (unpaired) electrons. The summed E-state index contributed by atoms with van der Waals surface area (Å²) in [5.74, 6) is 0.816. The van der Waals surface area contributed by atoms with Crippen molar-refractivity contribution in [3.05, 3.63) is 131 Å². The zero-order valence-electron chi connectivity index (χ0n) is 23.5. The fourth-order valence-corrected chi connectivity index (χ4v) is 4.95. The van der Waals surface area contributed by atoms with Crippen LogP contribution in [0.5, 0.6) is 5.75 Å². The van der Waals surface area contributed by atoms with Crippen LogP contribution >= 0.6 is 11.6 Å². The van der Waals surface area contributed by atoms with Gasteiger partial charge in [-0.2, -0.15) is 5.26 Å². The Bertz CT molecular complexity index is 1910. The standard InChI is InChI=1S/C33H27ClN8O2/c34-27-12-9-25(10-13-27)26-11-16-31-36-30(21-41(31)20-26)33(43)37-29(32-38-39-40-42(32)18-4-17-35)19-23-7-14-28(15-8-23)44-22-24-5-2-1-3-6-24/h1-3,5-16,20-21,29H,4,18-19,22H2,(H,37,43). The second-order valence-corrected chi connectivity index (χ2v) is 10.6. The van der Waals surface area contributed by atoms with Crippen molar-refractivity contribution in [3.8, 4) is 22.9 Å². The third kappa shape index (κ3) is 6.75. The molecular weight excluding hydrogens is 576 g/mol. The Hall–Kier alpha value is -5.53. The molecule has 10 nitrogen and oxygen atoms in total. The first kappa shape index (κ1) is 28.6. The Kier molecular flexibility index (Phi) is 8.57. The number of nitrogens with zero attached hydrogens (tertiary/aromatic N) is 7. The van der Waals surface area contributed by atoms with Gasteiger partial charge in [-0.05, 0) is 69.1 Å². The Morgan fingerprint density at radius 1 is 0.932 bits per heavy atom. The van der Waals surface area contributed by atoms with E-state index in [1.807, 2.05) is 102 Å². The predicted molar refractivity (Wildman–Crippen MR) is 165 cm³/mol. The van der Waals surface area contributed by atoms with E-state index in [1.54, 1.807) is 10.9 Å². The molecule has 0 saturated carbocycles. The lowest BCUT2D eigenvalue weighted by molar-refractivity contribution is 0.0929. The maximum atomic E-state index is 13.6. The predicted octanol–water partition coefficient (Wildman–Crippen LogP) is 5.85. The zero-order valence-corrected chi connectivity index (χ0v) is 24.3. The van der Waals surface area contributed by atoms with Crippen LogP contribution in [0.1, 0.15) is 39.9 Å². The van der Waals surface area contributed by atoms with Crippen LogP contribution in [0.3, 0.4) is 0 Å². The summed E-state index contributed by atoms with van der Waals surface area (Å²) in [7, 11) is 0. The molecule has 0 aliphatic heterocycles. The summed E-state index contributed by atoms with van der Waals surface area (Å²) in [5, 5.41) is 24.9. The summed E-state index contributed by atoms with van der Waals surface area (Å²) >= 11 is 6.04. The summed E-state index contributed by atoms with van der Waals surface area (Å²) in [5.41, 5.74) is 4.87. The van der Waals surface area contributed by atoms with Crippen LogP contribution in [0.2, 0.25) is 5.02 Å². The third-order valence-corrected chi connectivity index (χ3v) is 7.34. The summed E-state index contributed by atoms with van der Waals surface area (Å²) in [4.78, 5) is 18.1. The normalized spacial score (nSPS) is 11.6. The molecule has 6 rings (SSSR count). The lowest BCUT2D eigenvalue weighted by Crippen LogP contribution is -2.32. The van der Waals surface area contributed by atoms with E-state index in [2.05, 4.69) is 31.9 Å². The number of nitrogens with one attached hydrogen (secondary N) is 1. The van der Waals surface area contributed by atoms with Gasteiger partial charge in [-0.25, -0.2) is 9.67 Å². The molecule has 1 N–H and O–H groups in total. The molecular formula is C33H27ClN8O2. The largest absolute Gasteiger partial charge is 0.489 e. The van der Waals surface area contributed by atoms with E-state index in [0.717, 1.165) is 28.0 Å². The molecule has 1 amide bonds. The van der Waals surface area contributed by atoms with Gasteiger partial charge in [0.05, 0.1) is 25.1 Å². The number of fused-ring (bicyclic) bond motifs is 1. The number of aryl methyl sites for hydroxylation is 1. The van der Waals surface area contributed by atoms with Crippen LogP contribution in [0.4, 0.5) is 0 Å². The number of halogens is 1. The van der Waals surface area contributed by atoms with E-state index in [0.29, 0.717) is 36.1 Å². The smallest absolute Gasteiger partial charge is 0.272 e. The molecule has 0 saturated heterocycles. The van der Waals surface area contributed by atoms with Gasteiger partial charge in [0.2, 0.25) is 0 Å². The summed E-state index contributed by atoms with van der Waals surface area (Å²) in [6, 6.07) is 30.6. The van der Waals surface area contributed by atoms with Gasteiger partial charge in [-0.1, -0.05) is 66.2 Å². The van der Waals surface area contributed by atoms with Crippen LogP contribution in [0.15, 0.2) is 103 Å². The second-order valence-electron chi connectivity index (χ2n) is 10.1. The molecule has 0 aliphatic rings. The molecule has 1 atom stereocenters. The fraction of sp³-hybridized carbons (Fsp3) is 0.152. The number of imidazole rings is 1. The SMILES string of the molecule is N#CCCn1nnnc1C(Cc1ccc(OCc2ccccc2)cc1)NC(=O)c1cn2cc(-c3ccc(Cl)cc3)ccc2n1. The van der Waals surface area contributed by atoms with Gasteiger partial charge in [0.1, 0.15) is 23.7 Å². The number of hydrogen-bond acceptors (Lipinski definition) is 7. The topological polar surface area (TPSA) is 123 Å². The summed E-state index contributed by atoms with van der Waals surface area (Å²) < 4.78 is 9.30. The molecule has 3 aromatic carbocycles. The van der Waals surface area contributed by atoms with Crippen LogP contribution in [-0.4, -0.2) is 35.5 Å². The first-order chi connectivity index (χ1) is 21.6. The van der Waals surface area contributed by atoms with E-state index in [-0.39, 0.29) is 18.0 Å². The first-order valence-electron chi connectivity index (χ1n) is 14.0. The van der Waals surface area contributed by atoms with Crippen molar-refractivity contribution in [2.45, 2.75) is 32.0 Å². The van der Waals surface area contributed by atoms with Gasteiger partial charge in [0.25, 0.3) is 5.91 Å². The summed E-state index contributed by atoms with van der Waals surface area (Å²) in [6.45, 7) is 0.770. The van der Waals surface area contributed by atoms with E-state index >= 15 is 0 Å². The van der Waals surface area contributed by atoms with Crippen LogP contribution in [0.25, 0.3) is 16.8 Å². The number of rotatable bonds is 11. The Labute approximate surface area is 258 Å². The molecule has 0 fully saturated rings. The highest BCUT2D eigenvalue weighted by Gasteiger charge is 2.24. The van der Waals surface area contributed by atoms with Crippen LogP contribution in [0, 0.1) is 11.3 Å². The average Bonchev–Trinajstić information content (AvgIpc) is 3.71. The minimum absolute atomic E-state index is 0.231. The number of hydrogen-bond donors (Lipinski definition) is 1. The highest BCUT2D eigenvalue weighted by atomic mass is 35.5. The number of benzene rings is 3. The molecule has 3 aromatic heterocycles. The second kappa shape index (κ2) is 13.2. The van der Waals surface area contributed by atoms with Crippen molar-refractivity contribution >= 4 is 23.2 Å². The number of carbonyl (C=O) groups is 1. The Morgan fingerprint density at radius 2 is 1.70 bits per heavy atom. The molecule has 0 bridgehead atoms. The maximum absolute atomic E-state index is 13.6. The van der Waals surface area contributed by atoms with Crippen molar-refractivity contribution in [1.82, 2.24) is 34.9 Å². The number of carbonyl (C=O) groups excluding carboxylic acids is 1. The number of nitriles is 1. The number of tetrazole rings is 1. The third-order valence-electron chi connectivity index (χ3n) is 7.08. The van der Waals surface area contributed by atoms with Gasteiger partial charge >= 0.3 is 0 Å². The molecule has 3 heterocycles. The van der Waals surface area contributed by atoms with E-state index in [1.165, 1.54) is 0 Å². The molecule has 218 valence electrons. The van der Waals surface area contributed by atoms with Gasteiger partial charge < -0.3 is 14.5 Å². The van der Waals surface area contributed by atoms with Gasteiger partial charge in [-0.15, -0.1) is 5.10 Å². The van der Waals surface area contributed by atoms with E-state index in [9.17, 15) is 4.79 Å². The van der Waals surface area contributed by atoms with Gasteiger partial charge in [0.15, 0.2) is 5.82 Å². The monoisotopic (exact) mass is 602 g/mol. The zero-order chi connectivity index (χ0) is 30.3. The van der Waals surface area contributed by atoms with Gasteiger partial charge in [0, 0.05) is 23.8 Å². The van der Waals surface area contributed by atoms with Crippen molar-refractivity contribution in [3.63, 3.8) is 0 Å². The van der Waals surface area contributed by atoms with Crippen LogP contribution < -0.4 is 10.1 Å². The quantitative estimate of drug-likeness (QED) is 0.197. The highest BCUT2D eigenvalue weighted by Crippen LogP contribution is 2.24. The number of ether oxygens (including phenoxy) is 1. The maximum Gasteiger partial charge on any atom is 0.272 e. The highest BCUT2D eigenvalue weighted by molar-refractivity contribution is 6.30. The molecule has 1 unspecified atom stereocenters. The van der Waals surface area contributed by atoms with E-state index < -0.39 is 6.04 Å². The average molecular weight is 603 g/mol. The molecule has 11 heteroatoms. The van der Waals surface area contributed by atoms with Crippen molar-refractivity contribution in [2.75, 3.05) is 0 Å². The molecule has 6 aromatic rings. The first-order valence-corrected chi connectivity index (χ1v) is 14.4. The number of amides is 1. The lowest BCUT2D eigenvalue weighted by Gasteiger charge is -2.18. The molecule has 0 aliphatic carbocycles. The van der Waals surface area contributed by atoms with Crippen molar-refractivity contribution < 1.29 is 9.53 Å². The Balaban J connectivity index is 1.21. The van der Waals surface area contributed by atoms with Gasteiger partial charge in [-0.3, -0.25) is 4.79 Å². The fourth-order valence-electron chi connectivity index (χ4n) is 4.83. The minimum atomic E-state index is -0.582. The number of pyridine rings is 1. The van der Waals surface area contributed by atoms with Crippen molar-refractivity contribution in [2.24, 2.45) is 0 Å². The lowest BCUT2D eigenvalue weighted by atomic mass is 10.0. The van der Waals surface area contributed by atoms with Crippen molar-refractivity contribution in [1.29, 1.82) is 5.26 Å². The van der Waals surface area contributed by atoms with Crippen LogP contribution in [-0.2, 0) is 19.6 Å². The molecule has 44 heavy (non-hydrogen) atoms. The summed E-state index contributed by atoms with van der Waals surface area (Å²) in [6.07, 6.45) is 4.25.